The number of urea groups is 1. The molecule has 14 heteroatoms. The maximum absolute atomic E-state index is 12.4. The Bertz CT molecular complexity index is 1360. The van der Waals surface area contributed by atoms with E-state index in [1.165, 1.54) is 20.4 Å². The predicted molar refractivity (Wildman–Crippen MR) is 154 cm³/mol. The van der Waals surface area contributed by atoms with Crippen molar-refractivity contribution < 1.29 is 47.9 Å². The van der Waals surface area contributed by atoms with Crippen molar-refractivity contribution in [2.75, 3.05) is 40.6 Å². The van der Waals surface area contributed by atoms with Crippen LogP contribution in [0.4, 0.5) is 4.79 Å². The third-order valence-corrected chi connectivity index (χ3v) is 5.97. The molecule has 0 radical (unpaired) electrons. The van der Waals surface area contributed by atoms with Crippen LogP contribution in [0.15, 0.2) is 52.8 Å². The highest BCUT2D eigenvalue weighted by atomic mass is 16.6. The number of hydrogen-bond acceptors (Lipinski definition) is 12. The van der Waals surface area contributed by atoms with Gasteiger partial charge in [-0.15, -0.1) is 0 Å². The first-order valence-corrected chi connectivity index (χ1v) is 13.4. The van der Waals surface area contributed by atoms with Crippen LogP contribution >= 0.6 is 0 Å². The van der Waals surface area contributed by atoms with Gasteiger partial charge in [-0.1, -0.05) is 12.1 Å². The predicted octanol–water partition coefficient (Wildman–Crippen LogP) is 2.16. The number of ether oxygens (including phenoxy) is 6. The number of benzene rings is 2. The summed E-state index contributed by atoms with van der Waals surface area (Å²) in [4.78, 5) is 36.3. The number of aliphatic hydroxyl groups excluding tert-OH is 1. The zero-order valence-corrected chi connectivity index (χ0v) is 24.6. The molecule has 2 atom stereocenters. The molecule has 0 spiro atoms. The highest BCUT2D eigenvalue weighted by molar-refractivity contribution is 5.95. The summed E-state index contributed by atoms with van der Waals surface area (Å²) in [6.45, 7) is 5.11. The lowest BCUT2D eigenvalue weighted by molar-refractivity contribution is -0.145. The lowest BCUT2D eigenvalue weighted by Gasteiger charge is -2.28. The summed E-state index contributed by atoms with van der Waals surface area (Å²) in [5.41, 5.74) is 4.23. The molecule has 43 heavy (non-hydrogen) atoms. The van der Waals surface area contributed by atoms with Gasteiger partial charge in [-0.05, 0) is 50.6 Å². The molecule has 2 aromatic carbocycles. The molecule has 1 aliphatic rings. The minimum absolute atomic E-state index is 0.211. The van der Waals surface area contributed by atoms with Crippen LogP contribution in [-0.2, 0) is 19.1 Å². The Morgan fingerprint density at radius 1 is 1.07 bits per heavy atom. The van der Waals surface area contributed by atoms with Crippen molar-refractivity contribution in [3.05, 3.63) is 58.8 Å². The van der Waals surface area contributed by atoms with Crippen LogP contribution in [0, 0.1) is 0 Å². The summed E-state index contributed by atoms with van der Waals surface area (Å²) in [5, 5.41) is 19.8. The minimum Gasteiger partial charge on any atom is -0.493 e. The zero-order chi connectivity index (χ0) is 31.4. The fourth-order valence-electron chi connectivity index (χ4n) is 4.10. The van der Waals surface area contributed by atoms with Crippen molar-refractivity contribution in [2.45, 2.75) is 33.0 Å². The van der Waals surface area contributed by atoms with Gasteiger partial charge in [0.1, 0.15) is 6.61 Å². The molecule has 0 saturated heterocycles. The summed E-state index contributed by atoms with van der Waals surface area (Å²) in [7, 11) is 2.73. The highest BCUT2D eigenvalue weighted by Crippen LogP contribution is 2.35. The van der Waals surface area contributed by atoms with Crippen LogP contribution in [0.5, 0.6) is 23.0 Å². The molecule has 0 fully saturated rings. The van der Waals surface area contributed by atoms with Gasteiger partial charge in [-0.2, -0.15) is 5.10 Å². The Kier molecular flexibility index (Phi) is 12.0. The molecule has 1 aliphatic heterocycles. The molecule has 0 aliphatic carbocycles. The van der Waals surface area contributed by atoms with Crippen LogP contribution in [0.25, 0.3) is 0 Å². The van der Waals surface area contributed by atoms with E-state index in [-0.39, 0.29) is 31.1 Å². The Morgan fingerprint density at radius 3 is 2.56 bits per heavy atom. The van der Waals surface area contributed by atoms with E-state index in [4.69, 9.17) is 28.4 Å². The van der Waals surface area contributed by atoms with E-state index in [9.17, 15) is 19.5 Å². The van der Waals surface area contributed by atoms with Crippen LogP contribution in [0.1, 0.15) is 37.9 Å². The number of carbonyl (C=O) groups excluding carboxylic acids is 3. The monoisotopic (exact) mass is 600 g/mol. The number of methoxy groups -OCH3 is 2. The second-order valence-corrected chi connectivity index (χ2v) is 8.89. The molecular weight excluding hydrogens is 564 g/mol. The van der Waals surface area contributed by atoms with E-state index in [2.05, 4.69) is 21.2 Å². The standard InChI is InChI=1S/C29H36N4O10/c1-6-40-22-13-18(26-25(28(36)39-5)17(3)31-29(37)32-26)11-12-20(22)42-15-23(34)33-30-14-19-9-8-10-21(38-4)27(19)43-16-24(35)41-7-2/h8-14,23,26,33-34H,6-7,15-16H2,1-5H3,(H2,31,32,37)/b30-14+/t23-,26+/m0/s1. The quantitative estimate of drug-likeness (QED) is 0.102. The third-order valence-electron chi connectivity index (χ3n) is 5.97. The number of para-hydroxylation sites is 1. The molecule has 232 valence electrons. The number of amides is 2. The zero-order valence-electron chi connectivity index (χ0n) is 24.6. The number of nitrogens with one attached hydrogen (secondary N) is 3. The van der Waals surface area contributed by atoms with Gasteiger partial charge in [0, 0.05) is 11.3 Å². The van der Waals surface area contributed by atoms with Crippen LogP contribution in [0.3, 0.4) is 0 Å². The van der Waals surface area contributed by atoms with E-state index < -0.39 is 30.2 Å². The fourth-order valence-corrected chi connectivity index (χ4v) is 4.10. The molecule has 3 rings (SSSR count). The Labute approximate surface area is 248 Å². The third kappa shape index (κ3) is 8.75. The van der Waals surface area contributed by atoms with Crippen molar-refractivity contribution in [3.63, 3.8) is 0 Å². The van der Waals surface area contributed by atoms with Gasteiger partial charge in [0.15, 0.2) is 35.8 Å². The summed E-state index contributed by atoms with van der Waals surface area (Å²) >= 11 is 0. The first kappa shape index (κ1) is 32.5. The van der Waals surface area contributed by atoms with E-state index in [1.54, 1.807) is 57.2 Å². The summed E-state index contributed by atoms with van der Waals surface area (Å²) < 4.78 is 32.2. The SMILES string of the molecule is CCOC(=O)COc1c(/C=N/N[C@@H](O)COc2ccc([C@H]3NC(=O)NC(C)=C3C(=O)OC)cc2OCC)cccc1OC. The van der Waals surface area contributed by atoms with Crippen molar-refractivity contribution in [2.24, 2.45) is 5.10 Å². The molecule has 0 bridgehead atoms. The van der Waals surface area contributed by atoms with E-state index in [1.807, 2.05) is 0 Å². The van der Waals surface area contributed by atoms with Gasteiger partial charge in [0.05, 0.1) is 45.3 Å². The number of carbonyl (C=O) groups is 3. The second-order valence-electron chi connectivity index (χ2n) is 8.89. The minimum atomic E-state index is -1.22. The topological polar surface area (TPSA) is 175 Å². The van der Waals surface area contributed by atoms with Crippen molar-refractivity contribution >= 4 is 24.2 Å². The Hall–Kier alpha value is -4.98. The molecule has 14 nitrogen and oxygen atoms in total. The van der Waals surface area contributed by atoms with Crippen LogP contribution in [0.2, 0.25) is 0 Å². The molecule has 1 heterocycles. The summed E-state index contributed by atoms with van der Waals surface area (Å²) in [5.74, 6) is 0.203. The number of hydrogen-bond donors (Lipinski definition) is 4. The molecule has 0 aromatic heterocycles. The average molecular weight is 601 g/mol. The molecule has 4 N–H and O–H groups in total. The number of allylic oxidation sites excluding steroid dienone is 1. The Morgan fingerprint density at radius 2 is 1.86 bits per heavy atom. The fraction of sp³-hybridized carbons (Fsp3) is 0.379. The first-order valence-electron chi connectivity index (χ1n) is 13.4. The number of rotatable bonds is 15. The van der Waals surface area contributed by atoms with Crippen molar-refractivity contribution in [1.82, 2.24) is 16.1 Å². The van der Waals surface area contributed by atoms with Gasteiger partial charge in [0.2, 0.25) is 0 Å². The molecule has 0 unspecified atom stereocenters. The summed E-state index contributed by atoms with van der Waals surface area (Å²) in [6.07, 6.45) is 0.175. The van der Waals surface area contributed by atoms with Gasteiger partial charge < -0.3 is 44.2 Å². The van der Waals surface area contributed by atoms with Crippen LogP contribution in [-0.4, -0.2) is 76.2 Å². The maximum atomic E-state index is 12.4. The molecular formula is C29H36N4O10. The van der Waals surface area contributed by atoms with E-state index in [0.29, 0.717) is 40.7 Å². The van der Waals surface area contributed by atoms with Crippen molar-refractivity contribution in [1.29, 1.82) is 0 Å². The molecule has 2 amide bonds. The average Bonchev–Trinajstić information content (AvgIpc) is 2.99. The first-order chi connectivity index (χ1) is 20.7. The molecule has 0 saturated carbocycles. The number of aliphatic hydroxyl groups is 1. The second kappa shape index (κ2) is 15.9. The number of esters is 2. The van der Waals surface area contributed by atoms with Gasteiger partial charge in [-0.3, -0.25) is 5.43 Å². The number of hydrazone groups is 1. The van der Waals surface area contributed by atoms with Gasteiger partial charge >= 0.3 is 18.0 Å². The smallest absolute Gasteiger partial charge is 0.344 e. The van der Waals surface area contributed by atoms with Crippen molar-refractivity contribution in [3.8, 4) is 23.0 Å². The number of nitrogens with zero attached hydrogens (tertiary/aromatic N) is 1. The summed E-state index contributed by atoms with van der Waals surface area (Å²) in [6, 6.07) is 8.76. The lowest BCUT2D eigenvalue weighted by atomic mass is 9.95. The molecule has 2 aromatic rings. The Balaban J connectivity index is 1.69. The van der Waals surface area contributed by atoms with E-state index >= 15 is 0 Å². The van der Waals surface area contributed by atoms with Crippen LogP contribution < -0.4 is 35.0 Å². The van der Waals surface area contributed by atoms with Gasteiger partial charge in [-0.25, -0.2) is 14.4 Å². The normalized spacial score (nSPS) is 15.2. The largest absolute Gasteiger partial charge is 0.493 e. The highest BCUT2D eigenvalue weighted by Gasteiger charge is 2.32. The van der Waals surface area contributed by atoms with E-state index in [0.717, 1.165) is 0 Å². The van der Waals surface area contributed by atoms with Gasteiger partial charge in [0.25, 0.3) is 0 Å². The lowest BCUT2D eigenvalue weighted by Crippen LogP contribution is -2.45. The maximum Gasteiger partial charge on any atom is 0.344 e.